The Hall–Kier alpha value is -0.570. The van der Waals surface area contributed by atoms with Crippen LogP contribution in [0.25, 0.3) is 0 Å². The molecule has 14 heavy (non-hydrogen) atoms. The summed E-state index contributed by atoms with van der Waals surface area (Å²) in [6, 6.07) is 0. The first-order valence-corrected chi connectivity index (χ1v) is 5.63. The Labute approximate surface area is 88.1 Å². The lowest BCUT2D eigenvalue weighted by atomic mass is 10.1. The molecule has 1 saturated heterocycles. The summed E-state index contributed by atoms with van der Waals surface area (Å²) in [5, 5.41) is 9.13. The molecular weight excluding hydrogens is 178 g/mol. The van der Waals surface area contributed by atoms with Gasteiger partial charge in [0, 0.05) is 20.0 Å². The predicted molar refractivity (Wildman–Crippen MR) is 60.2 cm³/mol. The lowest BCUT2D eigenvalue weighted by Gasteiger charge is -2.28. The van der Waals surface area contributed by atoms with E-state index in [-0.39, 0.29) is 12.0 Å². The number of nitrogens with zero attached hydrogens (tertiary/aromatic N) is 1. The van der Waals surface area contributed by atoms with Crippen molar-refractivity contribution in [1.29, 1.82) is 0 Å². The third kappa shape index (κ3) is 6.89. The van der Waals surface area contributed by atoms with Crippen molar-refractivity contribution < 1.29 is 9.90 Å². The van der Waals surface area contributed by atoms with Gasteiger partial charge in [0.25, 0.3) is 0 Å². The molecule has 1 atom stereocenters. The fourth-order valence-electron chi connectivity index (χ4n) is 1.24. The van der Waals surface area contributed by atoms with Gasteiger partial charge in [-0.3, -0.25) is 4.79 Å². The number of hydrogen-bond acceptors (Lipinski definition) is 2. The zero-order valence-electron chi connectivity index (χ0n) is 10.2. The molecule has 1 aliphatic heterocycles. The summed E-state index contributed by atoms with van der Waals surface area (Å²) in [5.74, 6) is 0.0683. The molecule has 0 saturated carbocycles. The fraction of sp³-hybridized carbons (Fsp3) is 0.909. The van der Waals surface area contributed by atoms with E-state index in [9.17, 15) is 4.79 Å². The van der Waals surface area contributed by atoms with Crippen molar-refractivity contribution in [3.63, 3.8) is 0 Å². The maximum absolute atomic E-state index is 10.8. The second-order valence-electron chi connectivity index (χ2n) is 2.76. The summed E-state index contributed by atoms with van der Waals surface area (Å²) < 4.78 is 0. The first kappa shape index (κ1) is 15.9. The third-order valence-corrected chi connectivity index (χ3v) is 1.84. The first-order valence-electron chi connectivity index (χ1n) is 5.63. The number of hydrogen-bond donors (Lipinski definition) is 1. The van der Waals surface area contributed by atoms with Crippen LogP contribution in [0.1, 0.15) is 47.5 Å². The van der Waals surface area contributed by atoms with E-state index in [1.165, 1.54) is 6.92 Å². The van der Waals surface area contributed by atoms with Gasteiger partial charge in [0.05, 0.1) is 6.10 Å². The lowest BCUT2D eigenvalue weighted by molar-refractivity contribution is -0.131. The van der Waals surface area contributed by atoms with Gasteiger partial charge in [0.1, 0.15) is 0 Å². The quantitative estimate of drug-likeness (QED) is 0.654. The minimum absolute atomic E-state index is 0.0683. The topological polar surface area (TPSA) is 40.5 Å². The van der Waals surface area contributed by atoms with Crippen LogP contribution in [0.2, 0.25) is 0 Å². The Morgan fingerprint density at radius 3 is 2.07 bits per heavy atom. The molecule has 3 nitrogen and oxygen atoms in total. The molecule has 0 aliphatic carbocycles. The summed E-state index contributed by atoms with van der Waals surface area (Å²) in [5.41, 5.74) is 0. The molecule has 0 aromatic carbocycles. The van der Waals surface area contributed by atoms with Crippen LogP contribution in [0.4, 0.5) is 0 Å². The number of amides is 1. The second-order valence-corrected chi connectivity index (χ2v) is 2.76. The van der Waals surface area contributed by atoms with Crippen LogP contribution in [0.5, 0.6) is 0 Å². The van der Waals surface area contributed by atoms with E-state index in [0.29, 0.717) is 6.54 Å². The van der Waals surface area contributed by atoms with E-state index in [1.807, 2.05) is 27.7 Å². The number of carbonyl (C=O) groups excluding carboxylic acids is 1. The van der Waals surface area contributed by atoms with Crippen molar-refractivity contribution in [3.8, 4) is 0 Å². The van der Waals surface area contributed by atoms with Gasteiger partial charge in [0.2, 0.25) is 5.91 Å². The van der Waals surface area contributed by atoms with Crippen LogP contribution < -0.4 is 0 Å². The zero-order chi connectivity index (χ0) is 11.6. The summed E-state index contributed by atoms with van der Waals surface area (Å²) in [4.78, 5) is 12.4. The minimum Gasteiger partial charge on any atom is -0.391 e. The van der Waals surface area contributed by atoms with Crippen molar-refractivity contribution in [2.75, 3.05) is 13.1 Å². The molecule has 1 heterocycles. The van der Waals surface area contributed by atoms with Crippen LogP contribution in [0, 0.1) is 0 Å². The molecule has 0 spiro atoms. The highest BCUT2D eigenvalue weighted by molar-refractivity contribution is 5.73. The van der Waals surface area contributed by atoms with Crippen molar-refractivity contribution >= 4 is 5.91 Å². The fourth-order valence-corrected chi connectivity index (χ4v) is 1.24. The normalized spacial score (nSPS) is 19.9. The molecule has 0 aromatic rings. The molecular formula is C11H25NO2. The van der Waals surface area contributed by atoms with Gasteiger partial charge in [-0.1, -0.05) is 27.7 Å². The number of rotatable bonds is 0. The maximum Gasteiger partial charge on any atom is 0.219 e. The van der Waals surface area contributed by atoms with Crippen LogP contribution in [-0.2, 0) is 4.79 Å². The van der Waals surface area contributed by atoms with Gasteiger partial charge in [0.15, 0.2) is 0 Å². The first-order chi connectivity index (χ1) is 6.70. The van der Waals surface area contributed by atoms with Crippen LogP contribution in [0.3, 0.4) is 0 Å². The van der Waals surface area contributed by atoms with E-state index in [2.05, 4.69) is 0 Å². The highest BCUT2D eigenvalue weighted by atomic mass is 16.3. The summed E-state index contributed by atoms with van der Waals surface area (Å²) >= 11 is 0. The molecule has 1 fully saturated rings. The molecule has 1 N–H and O–H groups in total. The summed E-state index contributed by atoms with van der Waals surface area (Å²) in [7, 11) is 0. The van der Waals surface area contributed by atoms with E-state index < -0.39 is 0 Å². The number of likely N-dealkylation sites (tertiary alicyclic amines) is 1. The van der Waals surface area contributed by atoms with Gasteiger partial charge >= 0.3 is 0 Å². The number of β-amino-alcohol motifs (C(OH)–C–C–N with tert-alkyl or cyclic N) is 1. The molecule has 1 aliphatic rings. The molecule has 3 heteroatoms. The van der Waals surface area contributed by atoms with E-state index >= 15 is 0 Å². The van der Waals surface area contributed by atoms with Gasteiger partial charge in [-0.15, -0.1) is 0 Å². The Morgan fingerprint density at radius 1 is 1.29 bits per heavy atom. The second kappa shape index (κ2) is 10.5. The maximum atomic E-state index is 10.8. The van der Waals surface area contributed by atoms with E-state index in [4.69, 9.17) is 5.11 Å². The molecule has 86 valence electrons. The highest BCUT2D eigenvalue weighted by Gasteiger charge is 2.18. The van der Waals surface area contributed by atoms with Crippen LogP contribution >= 0.6 is 0 Å². The molecule has 0 radical (unpaired) electrons. The van der Waals surface area contributed by atoms with Gasteiger partial charge in [-0.05, 0) is 12.8 Å². The third-order valence-electron chi connectivity index (χ3n) is 1.84. The van der Waals surface area contributed by atoms with Crippen molar-refractivity contribution in [3.05, 3.63) is 0 Å². The Kier molecular flexibility index (Phi) is 11.9. The molecule has 0 bridgehead atoms. The Morgan fingerprint density at radius 2 is 1.79 bits per heavy atom. The van der Waals surface area contributed by atoms with Crippen molar-refractivity contribution in [2.45, 2.75) is 53.6 Å². The smallest absolute Gasteiger partial charge is 0.219 e. The Bertz CT molecular complexity index is 137. The predicted octanol–water partition coefficient (Wildman–Crippen LogP) is 2.04. The Balaban J connectivity index is 0. The summed E-state index contributed by atoms with van der Waals surface area (Å²) in [6.07, 6.45) is 1.47. The average Bonchev–Trinajstić information content (AvgIpc) is 2.24. The molecule has 0 aromatic heterocycles. The van der Waals surface area contributed by atoms with E-state index in [1.54, 1.807) is 4.90 Å². The van der Waals surface area contributed by atoms with Crippen LogP contribution in [0.15, 0.2) is 0 Å². The van der Waals surface area contributed by atoms with Crippen LogP contribution in [-0.4, -0.2) is 35.1 Å². The van der Waals surface area contributed by atoms with E-state index in [0.717, 1.165) is 19.4 Å². The lowest BCUT2D eigenvalue weighted by Crippen LogP contribution is -2.40. The molecule has 1 amide bonds. The SMILES string of the molecule is CC.CC.CC(=O)N1CCCC(O)C1. The highest BCUT2D eigenvalue weighted by Crippen LogP contribution is 2.08. The van der Waals surface area contributed by atoms with Gasteiger partial charge in [-0.25, -0.2) is 0 Å². The summed E-state index contributed by atoms with van der Waals surface area (Å²) in [6.45, 7) is 10.9. The number of aliphatic hydroxyl groups excluding tert-OH is 1. The van der Waals surface area contributed by atoms with Crippen molar-refractivity contribution in [2.24, 2.45) is 0 Å². The average molecular weight is 203 g/mol. The standard InChI is InChI=1S/C7H13NO2.2C2H6/c1-6(9)8-4-2-3-7(10)5-8;2*1-2/h7,10H,2-5H2,1H3;2*1-2H3. The van der Waals surface area contributed by atoms with Gasteiger partial charge in [-0.2, -0.15) is 0 Å². The van der Waals surface area contributed by atoms with Gasteiger partial charge < -0.3 is 10.0 Å². The largest absolute Gasteiger partial charge is 0.391 e. The number of piperidine rings is 1. The monoisotopic (exact) mass is 203 g/mol. The molecule has 1 rings (SSSR count). The number of aliphatic hydroxyl groups is 1. The number of carbonyl (C=O) groups is 1. The minimum atomic E-state index is -0.294. The van der Waals surface area contributed by atoms with Crippen molar-refractivity contribution in [1.82, 2.24) is 4.90 Å². The molecule has 1 unspecified atom stereocenters. The zero-order valence-corrected chi connectivity index (χ0v) is 10.2.